The largest absolute Gasteiger partial charge is 0.416 e. The first kappa shape index (κ1) is 26.5. The van der Waals surface area contributed by atoms with E-state index in [1.807, 2.05) is 0 Å². The Morgan fingerprint density at radius 1 is 0.857 bits per heavy atom. The minimum Gasteiger partial charge on any atom is -0.323 e. The summed E-state index contributed by atoms with van der Waals surface area (Å²) in [4.78, 5) is 17.1. The number of pyridine rings is 1. The topological polar surface area (TPSA) is 42.0 Å². The molecule has 1 aromatic heterocycles. The molecule has 3 nitrogen and oxygen atoms in total. The highest BCUT2D eigenvalue weighted by atomic mass is 35.5. The Labute approximate surface area is 200 Å². The molecule has 0 saturated heterocycles. The third-order valence-corrected chi connectivity index (χ3v) is 5.68. The third-order valence-electron chi connectivity index (χ3n) is 5.47. The van der Waals surface area contributed by atoms with Crippen LogP contribution in [0.3, 0.4) is 0 Å². The normalized spacial score (nSPS) is 12.5. The van der Waals surface area contributed by atoms with E-state index in [-0.39, 0.29) is 16.9 Å². The van der Waals surface area contributed by atoms with E-state index in [0.717, 1.165) is 0 Å². The number of rotatable bonds is 4. The summed E-state index contributed by atoms with van der Waals surface area (Å²) in [6.07, 6.45) is -8.92. The summed E-state index contributed by atoms with van der Waals surface area (Å²) in [5, 5.41) is 2.57. The number of alkyl halides is 6. The number of hydrogen-bond donors (Lipinski definition) is 1. The van der Waals surface area contributed by atoms with Crippen molar-refractivity contribution in [2.45, 2.75) is 38.5 Å². The first-order valence-corrected chi connectivity index (χ1v) is 10.4. The van der Waals surface area contributed by atoms with Crippen molar-refractivity contribution in [1.82, 2.24) is 4.98 Å². The first-order chi connectivity index (χ1) is 16.0. The second-order valence-corrected chi connectivity index (χ2v) is 8.77. The van der Waals surface area contributed by atoms with Crippen LogP contribution >= 0.6 is 11.6 Å². The Kier molecular flexibility index (Phi) is 6.91. The number of aryl methyl sites for hydroxylation is 1. The Bertz CT molecular complexity index is 1250. The molecule has 2 aromatic carbocycles. The minimum absolute atomic E-state index is 0.00395. The van der Waals surface area contributed by atoms with E-state index < -0.39 is 46.2 Å². The lowest BCUT2D eigenvalue weighted by Crippen LogP contribution is -2.35. The van der Waals surface area contributed by atoms with Gasteiger partial charge in [0.2, 0.25) is 5.91 Å². The lowest BCUT2D eigenvalue weighted by Gasteiger charge is -2.27. The van der Waals surface area contributed by atoms with E-state index in [4.69, 9.17) is 11.6 Å². The number of nitrogens with zero attached hydrogens (tertiary/aromatic N) is 1. The zero-order chi connectivity index (χ0) is 26.3. The Hall–Kier alpha value is -3.14. The van der Waals surface area contributed by atoms with Crippen LogP contribution in [-0.4, -0.2) is 10.9 Å². The molecule has 0 radical (unpaired) electrons. The summed E-state index contributed by atoms with van der Waals surface area (Å²) >= 11 is 5.98. The molecule has 0 fully saturated rings. The average molecular weight is 519 g/mol. The predicted octanol–water partition coefficient (Wildman–Crippen LogP) is 7.80. The van der Waals surface area contributed by atoms with Crippen LogP contribution in [0, 0.1) is 12.7 Å². The number of anilines is 1. The quantitative estimate of drug-likeness (QED) is 0.283. The standard InChI is InChI=1S/C24H18ClF7N2O/c1-12-6-16(26)4-5-17(12)18-10-20(25)33-11-19(18)34-21(35)22(2,3)13-7-14(23(27,28)29)9-15(8-13)24(30,31)32/h4-11H,1-3H3,(H,34,35). The number of aromatic nitrogens is 1. The molecule has 186 valence electrons. The molecule has 0 atom stereocenters. The second kappa shape index (κ2) is 9.14. The number of halogens is 8. The highest BCUT2D eigenvalue weighted by molar-refractivity contribution is 6.29. The second-order valence-electron chi connectivity index (χ2n) is 8.39. The van der Waals surface area contributed by atoms with Crippen molar-refractivity contribution in [3.63, 3.8) is 0 Å². The number of benzene rings is 2. The van der Waals surface area contributed by atoms with Crippen molar-refractivity contribution in [2.24, 2.45) is 0 Å². The van der Waals surface area contributed by atoms with E-state index >= 15 is 0 Å². The summed E-state index contributed by atoms with van der Waals surface area (Å²) < 4.78 is 93.4. The van der Waals surface area contributed by atoms with Crippen LogP contribution < -0.4 is 5.32 Å². The smallest absolute Gasteiger partial charge is 0.323 e. The van der Waals surface area contributed by atoms with Gasteiger partial charge < -0.3 is 5.32 Å². The third kappa shape index (κ3) is 5.75. The fourth-order valence-corrected chi connectivity index (χ4v) is 3.56. The molecule has 35 heavy (non-hydrogen) atoms. The van der Waals surface area contributed by atoms with Gasteiger partial charge in [-0.3, -0.25) is 4.79 Å². The maximum absolute atomic E-state index is 13.6. The highest BCUT2D eigenvalue weighted by Crippen LogP contribution is 2.40. The van der Waals surface area contributed by atoms with E-state index in [0.29, 0.717) is 28.8 Å². The molecular weight excluding hydrogens is 501 g/mol. The van der Waals surface area contributed by atoms with Gasteiger partial charge in [-0.25, -0.2) is 9.37 Å². The van der Waals surface area contributed by atoms with Gasteiger partial charge in [0.05, 0.1) is 28.4 Å². The molecule has 11 heteroatoms. The van der Waals surface area contributed by atoms with E-state index in [2.05, 4.69) is 10.3 Å². The minimum atomic E-state index is -5.06. The maximum Gasteiger partial charge on any atom is 0.416 e. The molecule has 1 N–H and O–H groups in total. The van der Waals surface area contributed by atoms with Crippen molar-refractivity contribution in [1.29, 1.82) is 0 Å². The highest BCUT2D eigenvalue weighted by Gasteiger charge is 2.40. The fourth-order valence-electron chi connectivity index (χ4n) is 3.41. The molecule has 0 aliphatic heterocycles. The molecule has 0 bridgehead atoms. The number of nitrogens with one attached hydrogen (secondary N) is 1. The van der Waals surface area contributed by atoms with Gasteiger partial charge in [-0.15, -0.1) is 0 Å². The Morgan fingerprint density at radius 2 is 1.40 bits per heavy atom. The van der Waals surface area contributed by atoms with Gasteiger partial charge in [0, 0.05) is 5.56 Å². The molecule has 0 aliphatic rings. The fraction of sp³-hybridized carbons (Fsp3) is 0.250. The summed E-state index contributed by atoms with van der Waals surface area (Å²) in [5.74, 6) is -1.39. The SMILES string of the molecule is Cc1cc(F)ccc1-c1cc(Cl)ncc1NC(=O)C(C)(C)c1cc(C(F)(F)F)cc(C(F)(F)F)c1. The zero-order valence-corrected chi connectivity index (χ0v) is 19.3. The molecule has 0 saturated carbocycles. The number of hydrogen-bond acceptors (Lipinski definition) is 2. The van der Waals surface area contributed by atoms with Crippen LogP contribution in [0.1, 0.15) is 36.1 Å². The van der Waals surface area contributed by atoms with Gasteiger partial charge in [0.15, 0.2) is 0 Å². The zero-order valence-electron chi connectivity index (χ0n) is 18.5. The number of carbonyl (C=O) groups excluding carboxylic acids is 1. The van der Waals surface area contributed by atoms with E-state index in [1.54, 1.807) is 6.92 Å². The number of carbonyl (C=O) groups is 1. The first-order valence-electron chi connectivity index (χ1n) is 10.0. The predicted molar refractivity (Wildman–Crippen MR) is 117 cm³/mol. The number of amides is 1. The van der Waals surface area contributed by atoms with Crippen LogP contribution in [0.5, 0.6) is 0 Å². The Balaban J connectivity index is 2.07. The summed E-state index contributed by atoms with van der Waals surface area (Å²) in [5.41, 5.74) is -3.96. The van der Waals surface area contributed by atoms with Gasteiger partial charge in [-0.05, 0) is 73.9 Å². The van der Waals surface area contributed by atoms with Crippen LogP contribution in [0.25, 0.3) is 11.1 Å². The summed E-state index contributed by atoms with van der Waals surface area (Å²) in [6, 6.07) is 6.31. The van der Waals surface area contributed by atoms with Gasteiger partial charge in [-0.2, -0.15) is 26.3 Å². The average Bonchev–Trinajstić information content (AvgIpc) is 2.73. The van der Waals surface area contributed by atoms with Gasteiger partial charge in [0.1, 0.15) is 11.0 Å². The molecule has 3 aromatic rings. The van der Waals surface area contributed by atoms with Crippen LogP contribution in [0.15, 0.2) is 48.7 Å². The molecule has 1 amide bonds. The van der Waals surface area contributed by atoms with Crippen molar-refractivity contribution in [3.05, 3.63) is 81.9 Å². The molecular formula is C24H18ClF7N2O. The van der Waals surface area contributed by atoms with Gasteiger partial charge in [-0.1, -0.05) is 17.7 Å². The van der Waals surface area contributed by atoms with Crippen molar-refractivity contribution in [2.75, 3.05) is 5.32 Å². The molecule has 0 spiro atoms. The van der Waals surface area contributed by atoms with Crippen molar-refractivity contribution >= 4 is 23.2 Å². The monoisotopic (exact) mass is 518 g/mol. The lowest BCUT2D eigenvalue weighted by atomic mass is 9.81. The summed E-state index contributed by atoms with van der Waals surface area (Å²) in [6.45, 7) is 4.01. The van der Waals surface area contributed by atoms with E-state index in [9.17, 15) is 35.5 Å². The lowest BCUT2D eigenvalue weighted by molar-refractivity contribution is -0.143. The van der Waals surface area contributed by atoms with Crippen LogP contribution in [0.4, 0.5) is 36.4 Å². The molecule has 1 heterocycles. The maximum atomic E-state index is 13.6. The summed E-state index contributed by atoms with van der Waals surface area (Å²) in [7, 11) is 0. The molecule has 0 unspecified atom stereocenters. The Morgan fingerprint density at radius 3 is 1.91 bits per heavy atom. The van der Waals surface area contributed by atoms with Gasteiger partial charge >= 0.3 is 12.4 Å². The van der Waals surface area contributed by atoms with E-state index in [1.165, 1.54) is 44.3 Å². The van der Waals surface area contributed by atoms with Crippen LogP contribution in [-0.2, 0) is 22.6 Å². The van der Waals surface area contributed by atoms with Gasteiger partial charge in [0.25, 0.3) is 0 Å². The van der Waals surface area contributed by atoms with Crippen molar-refractivity contribution < 1.29 is 35.5 Å². The molecule has 0 aliphatic carbocycles. The molecule has 3 rings (SSSR count). The van der Waals surface area contributed by atoms with Crippen molar-refractivity contribution in [3.8, 4) is 11.1 Å². The van der Waals surface area contributed by atoms with Crippen LogP contribution in [0.2, 0.25) is 5.15 Å².